The van der Waals surface area contributed by atoms with Gasteiger partial charge in [-0.3, -0.25) is 4.79 Å². The minimum absolute atomic E-state index is 0.102. The normalized spacial score (nSPS) is 10.3. The zero-order chi connectivity index (χ0) is 18.2. The van der Waals surface area contributed by atoms with E-state index in [1.54, 1.807) is 0 Å². The quantitative estimate of drug-likeness (QED) is 0.644. The van der Waals surface area contributed by atoms with Gasteiger partial charge in [0, 0.05) is 11.1 Å². The minimum Gasteiger partial charge on any atom is -0.494 e. The summed E-state index contributed by atoms with van der Waals surface area (Å²) in [5.74, 6) is 1.49. The zero-order valence-corrected chi connectivity index (χ0v) is 15.3. The van der Waals surface area contributed by atoms with Crippen LogP contribution >= 0.6 is 11.3 Å². The summed E-state index contributed by atoms with van der Waals surface area (Å²) in [7, 11) is 0. The van der Waals surface area contributed by atoms with Crippen LogP contribution in [0.2, 0.25) is 0 Å². The molecule has 0 atom stereocenters. The second kappa shape index (κ2) is 9.01. The third-order valence-corrected chi connectivity index (χ3v) is 4.37. The maximum absolute atomic E-state index is 12.2. The molecule has 0 fully saturated rings. The molecule has 1 aromatic heterocycles. The third-order valence-electron chi connectivity index (χ3n) is 3.50. The Morgan fingerprint density at radius 3 is 2.50 bits per heavy atom. The van der Waals surface area contributed by atoms with Crippen LogP contribution in [-0.4, -0.2) is 17.5 Å². The first-order chi connectivity index (χ1) is 12.7. The largest absolute Gasteiger partial charge is 0.494 e. The molecule has 3 rings (SSSR count). The van der Waals surface area contributed by atoms with Crippen molar-refractivity contribution in [3.63, 3.8) is 0 Å². The summed E-state index contributed by atoms with van der Waals surface area (Å²) >= 11 is 1.49. The van der Waals surface area contributed by atoms with E-state index in [-0.39, 0.29) is 12.3 Å². The summed E-state index contributed by atoms with van der Waals surface area (Å²) in [5.41, 5.74) is 1.48. The van der Waals surface area contributed by atoms with Gasteiger partial charge in [0.15, 0.2) is 0 Å². The molecule has 0 bridgehead atoms. The number of benzene rings is 2. The van der Waals surface area contributed by atoms with E-state index in [1.807, 2.05) is 66.9 Å². The first kappa shape index (κ1) is 17.9. The molecule has 26 heavy (non-hydrogen) atoms. The number of ether oxygens (including phenoxy) is 2. The minimum atomic E-state index is -0.102. The highest BCUT2D eigenvalue weighted by molar-refractivity contribution is 7.09. The van der Waals surface area contributed by atoms with Gasteiger partial charge in [-0.1, -0.05) is 18.2 Å². The van der Waals surface area contributed by atoms with E-state index in [0.717, 1.165) is 27.9 Å². The molecule has 134 valence electrons. The van der Waals surface area contributed by atoms with Crippen molar-refractivity contribution in [1.82, 2.24) is 4.98 Å². The number of amides is 1. The van der Waals surface area contributed by atoms with Crippen molar-refractivity contribution in [2.45, 2.75) is 20.0 Å². The third kappa shape index (κ3) is 5.32. The van der Waals surface area contributed by atoms with Crippen molar-refractivity contribution in [3.8, 4) is 11.5 Å². The molecule has 0 saturated heterocycles. The lowest BCUT2D eigenvalue weighted by atomic mass is 10.2. The summed E-state index contributed by atoms with van der Waals surface area (Å²) in [6.45, 7) is 2.95. The molecule has 0 spiro atoms. The molecule has 0 aliphatic carbocycles. The maximum Gasteiger partial charge on any atom is 0.230 e. The molecule has 1 heterocycles. The fourth-order valence-corrected chi connectivity index (χ4v) is 3.03. The van der Waals surface area contributed by atoms with Crippen LogP contribution in [0.25, 0.3) is 0 Å². The SMILES string of the molecule is CCOc1ccc(NC(=O)Cc2csc(COc3ccccc3)n2)cc1. The first-order valence-electron chi connectivity index (χ1n) is 8.37. The Balaban J connectivity index is 1.49. The number of carbonyl (C=O) groups excluding carboxylic acids is 1. The number of para-hydroxylation sites is 1. The standard InChI is InChI=1S/C20H20N2O3S/c1-2-24-18-10-8-15(9-11-18)21-19(23)12-16-14-26-20(22-16)13-25-17-6-4-3-5-7-17/h3-11,14H,2,12-13H2,1H3,(H,21,23). The summed E-state index contributed by atoms with van der Waals surface area (Å²) in [6.07, 6.45) is 0.231. The Bertz CT molecular complexity index is 832. The van der Waals surface area contributed by atoms with E-state index < -0.39 is 0 Å². The number of rotatable bonds is 8. The van der Waals surface area contributed by atoms with Gasteiger partial charge >= 0.3 is 0 Å². The van der Waals surface area contributed by atoms with Crippen LogP contribution in [0.1, 0.15) is 17.6 Å². The molecule has 0 unspecified atom stereocenters. The van der Waals surface area contributed by atoms with Gasteiger partial charge in [0.05, 0.1) is 18.7 Å². The maximum atomic E-state index is 12.2. The van der Waals surface area contributed by atoms with Crippen LogP contribution in [0.15, 0.2) is 60.0 Å². The zero-order valence-electron chi connectivity index (χ0n) is 14.5. The van der Waals surface area contributed by atoms with Gasteiger partial charge in [0.1, 0.15) is 23.1 Å². The Morgan fingerprint density at radius 2 is 1.77 bits per heavy atom. The number of thiazole rings is 1. The van der Waals surface area contributed by atoms with Crippen LogP contribution < -0.4 is 14.8 Å². The number of nitrogens with one attached hydrogen (secondary N) is 1. The van der Waals surface area contributed by atoms with E-state index in [1.165, 1.54) is 11.3 Å². The van der Waals surface area contributed by atoms with Crippen molar-refractivity contribution in [3.05, 3.63) is 70.7 Å². The van der Waals surface area contributed by atoms with Crippen LogP contribution in [0.4, 0.5) is 5.69 Å². The van der Waals surface area contributed by atoms with E-state index >= 15 is 0 Å². The van der Waals surface area contributed by atoms with Crippen molar-refractivity contribution < 1.29 is 14.3 Å². The van der Waals surface area contributed by atoms with E-state index in [0.29, 0.717) is 13.2 Å². The topological polar surface area (TPSA) is 60.5 Å². The number of hydrogen-bond acceptors (Lipinski definition) is 5. The monoisotopic (exact) mass is 368 g/mol. The fourth-order valence-electron chi connectivity index (χ4n) is 2.33. The number of anilines is 1. The van der Waals surface area contributed by atoms with Gasteiger partial charge in [-0.15, -0.1) is 11.3 Å². The number of carbonyl (C=O) groups is 1. The Labute approximate surface area is 156 Å². The highest BCUT2D eigenvalue weighted by Gasteiger charge is 2.09. The van der Waals surface area contributed by atoms with Crippen LogP contribution in [0.3, 0.4) is 0 Å². The molecule has 2 aromatic carbocycles. The predicted octanol–water partition coefficient (Wildman–Crippen LogP) is 4.30. The Kier molecular flexibility index (Phi) is 6.22. The smallest absolute Gasteiger partial charge is 0.230 e. The summed E-state index contributed by atoms with van der Waals surface area (Å²) in [4.78, 5) is 16.6. The highest BCUT2D eigenvalue weighted by atomic mass is 32.1. The first-order valence-corrected chi connectivity index (χ1v) is 9.24. The number of aromatic nitrogens is 1. The molecule has 1 N–H and O–H groups in total. The molecule has 3 aromatic rings. The lowest BCUT2D eigenvalue weighted by Crippen LogP contribution is -2.14. The molecule has 1 amide bonds. The van der Waals surface area contributed by atoms with Gasteiger partial charge in [0.2, 0.25) is 5.91 Å². The second-order valence-corrected chi connectivity index (χ2v) is 6.46. The van der Waals surface area contributed by atoms with Gasteiger partial charge in [-0.05, 0) is 43.3 Å². The molecule has 5 nitrogen and oxygen atoms in total. The molecule has 0 aliphatic rings. The second-order valence-electron chi connectivity index (χ2n) is 5.52. The number of nitrogens with zero attached hydrogens (tertiary/aromatic N) is 1. The van der Waals surface area contributed by atoms with Gasteiger partial charge < -0.3 is 14.8 Å². The van der Waals surface area contributed by atoms with Crippen molar-refractivity contribution >= 4 is 22.9 Å². The lowest BCUT2D eigenvalue weighted by molar-refractivity contribution is -0.115. The molecule has 0 saturated carbocycles. The van der Waals surface area contributed by atoms with Gasteiger partial charge in [-0.25, -0.2) is 4.98 Å². The molecule has 0 radical (unpaired) electrons. The highest BCUT2D eigenvalue weighted by Crippen LogP contribution is 2.17. The van der Waals surface area contributed by atoms with E-state index in [2.05, 4.69) is 10.3 Å². The average molecular weight is 368 g/mol. The summed E-state index contributed by atoms with van der Waals surface area (Å²) in [5, 5.41) is 5.60. The van der Waals surface area contributed by atoms with Crippen molar-refractivity contribution in [1.29, 1.82) is 0 Å². The average Bonchev–Trinajstić information content (AvgIpc) is 3.10. The van der Waals surface area contributed by atoms with Crippen LogP contribution in [0.5, 0.6) is 11.5 Å². The molecule has 0 aliphatic heterocycles. The van der Waals surface area contributed by atoms with Gasteiger partial charge in [-0.2, -0.15) is 0 Å². The molecular formula is C20H20N2O3S. The molecule has 6 heteroatoms. The van der Waals surface area contributed by atoms with Crippen LogP contribution in [-0.2, 0) is 17.8 Å². The van der Waals surface area contributed by atoms with Crippen molar-refractivity contribution in [2.24, 2.45) is 0 Å². The fraction of sp³-hybridized carbons (Fsp3) is 0.200. The summed E-state index contributed by atoms with van der Waals surface area (Å²) in [6, 6.07) is 16.9. The van der Waals surface area contributed by atoms with Crippen molar-refractivity contribution in [2.75, 3.05) is 11.9 Å². The van der Waals surface area contributed by atoms with Crippen LogP contribution in [0, 0.1) is 0 Å². The molecular weight excluding hydrogens is 348 g/mol. The van der Waals surface area contributed by atoms with Gasteiger partial charge in [0.25, 0.3) is 0 Å². The van der Waals surface area contributed by atoms with E-state index in [4.69, 9.17) is 9.47 Å². The van der Waals surface area contributed by atoms with E-state index in [9.17, 15) is 4.79 Å². The Morgan fingerprint density at radius 1 is 1.04 bits per heavy atom. The lowest BCUT2D eigenvalue weighted by Gasteiger charge is -2.06. The summed E-state index contributed by atoms with van der Waals surface area (Å²) < 4.78 is 11.1. The Hall–Kier alpha value is -2.86. The number of hydrogen-bond donors (Lipinski definition) is 1. The predicted molar refractivity (Wildman–Crippen MR) is 103 cm³/mol.